The van der Waals surface area contributed by atoms with E-state index >= 15 is 0 Å². The summed E-state index contributed by atoms with van der Waals surface area (Å²) in [5.41, 5.74) is -5.48. The molecule has 0 saturated heterocycles. The number of esters is 1. The largest absolute Gasteiger partial charge is 0.461 e. The van der Waals surface area contributed by atoms with Crippen molar-refractivity contribution in [3.8, 4) is 0 Å². The van der Waals surface area contributed by atoms with E-state index in [1.165, 1.54) is 0 Å². The molecule has 0 aromatic carbocycles. The van der Waals surface area contributed by atoms with E-state index in [1.54, 1.807) is 46.8 Å². The van der Waals surface area contributed by atoms with Crippen LogP contribution in [0.3, 0.4) is 0 Å². The van der Waals surface area contributed by atoms with Crippen molar-refractivity contribution in [2.45, 2.75) is 97.1 Å². The first kappa shape index (κ1) is 26.1. The van der Waals surface area contributed by atoms with Gasteiger partial charge in [0.05, 0.1) is 11.0 Å². The Morgan fingerprint density at radius 1 is 1.15 bits per heavy atom. The molecule has 0 aromatic heterocycles. The van der Waals surface area contributed by atoms with Crippen molar-refractivity contribution in [1.82, 2.24) is 0 Å². The number of allylic oxidation sites excluding steroid dienone is 1. The molecule has 1 spiro atoms. The number of unbranched alkanes of at least 4 members (excludes halogenated alkanes) is 2. The number of hydrogen-bond donors (Lipinski definition) is 4. The maximum atomic E-state index is 14.2. The minimum absolute atomic E-state index is 0.168. The van der Waals surface area contributed by atoms with Crippen molar-refractivity contribution in [1.29, 1.82) is 0 Å². The molecule has 1 saturated carbocycles. The minimum Gasteiger partial charge on any atom is -0.461 e. The van der Waals surface area contributed by atoms with Crippen LogP contribution in [-0.2, 0) is 14.3 Å². The van der Waals surface area contributed by atoms with E-state index in [2.05, 4.69) is 0 Å². The van der Waals surface area contributed by atoms with Crippen LogP contribution in [0.25, 0.3) is 0 Å². The zero-order valence-electron chi connectivity index (χ0n) is 20.7. The molecule has 4 N–H and O–H groups in total. The SMILES string of the molecule is CCCCCC(=O)OCC1=CC2C(=O)C3(C=C(C)C(O)C3(O)C1O)[C@H](C)C[C@@](C)(O)C2(C)C. The van der Waals surface area contributed by atoms with Gasteiger partial charge in [0.15, 0.2) is 5.78 Å². The van der Waals surface area contributed by atoms with Crippen molar-refractivity contribution >= 4 is 11.8 Å². The first-order chi connectivity index (χ1) is 15.2. The fourth-order valence-electron chi connectivity index (χ4n) is 6.25. The lowest BCUT2D eigenvalue weighted by molar-refractivity contribution is -0.190. The van der Waals surface area contributed by atoms with Gasteiger partial charge in [-0.2, -0.15) is 0 Å². The molecule has 0 amide bonds. The lowest BCUT2D eigenvalue weighted by atomic mass is 9.59. The fraction of sp³-hybridized carbons (Fsp3) is 0.769. The predicted octanol–water partition coefficient (Wildman–Crippen LogP) is 2.45. The highest BCUT2D eigenvalue weighted by Gasteiger charge is 2.73. The highest BCUT2D eigenvalue weighted by Crippen LogP contribution is 2.62. The fourth-order valence-corrected chi connectivity index (χ4v) is 6.25. The van der Waals surface area contributed by atoms with Gasteiger partial charge in [0.2, 0.25) is 0 Å². The highest BCUT2D eigenvalue weighted by atomic mass is 16.5. The van der Waals surface area contributed by atoms with E-state index in [0.717, 1.165) is 12.8 Å². The Morgan fingerprint density at radius 3 is 2.39 bits per heavy atom. The summed E-state index contributed by atoms with van der Waals surface area (Å²) in [5.74, 6) is -2.21. The van der Waals surface area contributed by atoms with Gasteiger partial charge in [-0.15, -0.1) is 0 Å². The van der Waals surface area contributed by atoms with Crippen LogP contribution in [0.2, 0.25) is 0 Å². The Balaban J connectivity index is 2.11. The van der Waals surface area contributed by atoms with Crippen molar-refractivity contribution in [2.24, 2.45) is 22.7 Å². The molecule has 7 atom stereocenters. The molecule has 33 heavy (non-hydrogen) atoms. The summed E-state index contributed by atoms with van der Waals surface area (Å²) in [5, 5.41) is 45.9. The van der Waals surface area contributed by atoms with E-state index in [9.17, 15) is 30.0 Å². The maximum absolute atomic E-state index is 14.2. The van der Waals surface area contributed by atoms with E-state index in [1.807, 2.05) is 6.92 Å². The van der Waals surface area contributed by atoms with Crippen LogP contribution in [0.4, 0.5) is 0 Å². The van der Waals surface area contributed by atoms with E-state index in [4.69, 9.17) is 4.74 Å². The Hall–Kier alpha value is -1.54. The molecule has 3 aliphatic carbocycles. The highest BCUT2D eigenvalue weighted by molar-refractivity contribution is 5.95. The molecule has 0 aromatic rings. The van der Waals surface area contributed by atoms with Crippen LogP contribution in [0.15, 0.2) is 23.3 Å². The number of ether oxygens (including phenoxy) is 1. The molecular formula is C26H40O7. The Labute approximate surface area is 196 Å². The normalized spacial score (nSPS) is 42.1. The number of carbonyl (C=O) groups is 2. The van der Waals surface area contributed by atoms with Crippen LogP contribution >= 0.6 is 0 Å². The number of aliphatic hydroxyl groups is 4. The summed E-state index contributed by atoms with van der Waals surface area (Å²) < 4.78 is 5.42. The first-order valence-corrected chi connectivity index (χ1v) is 12.1. The topological polar surface area (TPSA) is 124 Å². The van der Waals surface area contributed by atoms with Gasteiger partial charge < -0.3 is 25.2 Å². The molecule has 0 aliphatic heterocycles. The van der Waals surface area contributed by atoms with Crippen molar-refractivity contribution in [3.05, 3.63) is 23.3 Å². The number of ketones is 1. The second-order valence-corrected chi connectivity index (χ2v) is 11.2. The van der Waals surface area contributed by atoms with Gasteiger partial charge in [0.1, 0.15) is 24.4 Å². The third kappa shape index (κ3) is 3.63. The van der Waals surface area contributed by atoms with E-state index in [0.29, 0.717) is 12.0 Å². The monoisotopic (exact) mass is 464 g/mol. The van der Waals surface area contributed by atoms with Gasteiger partial charge in [-0.05, 0) is 43.8 Å². The van der Waals surface area contributed by atoms with Gasteiger partial charge in [-0.3, -0.25) is 9.59 Å². The lowest BCUT2D eigenvalue weighted by Crippen LogP contribution is -2.65. The number of hydrogen-bond acceptors (Lipinski definition) is 7. The molecule has 5 unspecified atom stereocenters. The minimum atomic E-state index is -2.24. The number of rotatable bonds is 6. The van der Waals surface area contributed by atoms with Gasteiger partial charge in [-0.1, -0.05) is 52.7 Å². The lowest BCUT2D eigenvalue weighted by Gasteiger charge is -2.48. The summed E-state index contributed by atoms with van der Waals surface area (Å²) in [6, 6.07) is 0. The molecule has 1 fully saturated rings. The molecule has 2 bridgehead atoms. The smallest absolute Gasteiger partial charge is 0.306 e. The quantitative estimate of drug-likeness (QED) is 0.270. The number of aliphatic hydroxyl groups excluding tert-OH is 2. The van der Waals surface area contributed by atoms with Crippen LogP contribution in [0, 0.1) is 22.7 Å². The first-order valence-electron chi connectivity index (χ1n) is 12.1. The van der Waals surface area contributed by atoms with Crippen LogP contribution in [0.1, 0.15) is 73.6 Å². The summed E-state index contributed by atoms with van der Waals surface area (Å²) in [4.78, 5) is 26.4. The number of Topliss-reactive ketones (excluding diaryl/α,β-unsaturated/α-hetero) is 1. The molecular weight excluding hydrogens is 424 g/mol. The van der Waals surface area contributed by atoms with Crippen LogP contribution < -0.4 is 0 Å². The zero-order valence-corrected chi connectivity index (χ0v) is 20.7. The Kier molecular flexibility index (Phi) is 6.79. The Bertz CT molecular complexity index is 870. The summed E-state index contributed by atoms with van der Waals surface area (Å²) >= 11 is 0. The van der Waals surface area contributed by atoms with Gasteiger partial charge in [-0.25, -0.2) is 0 Å². The van der Waals surface area contributed by atoms with Crippen LogP contribution in [-0.4, -0.2) is 62.2 Å². The van der Waals surface area contributed by atoms with Gasteiger partial charge >= 0.3 is 5.97 Å². The zero-order chi connectivity index (χ0) is 25.0. The molecule has 7 heteroatoms. The molecule has 7 nitrogen and oxygen atoms in total. The van der Waals surface area contributed by atoms with Gasteiger partial charge in [0.25, 0.3) is 0 Å². The molecule has 0 heterocycles. The molecule has 186 valence electrons. The van der Waals surface area contributed by atoms with Gasteiger partial charge in [0, 0.05) is 17.8 Å². The third-order valence-electron chi connectivity index (χ3n) is 8.84. The third-order valence-corrected chi connectivity index (χ3v) is 8.84. The second kappa shape index (κ2) is 8.59. The molecule has 3 rings (SSSR count). The molecule has 0 radical (unpaired) electrons. The number of fused-ring (bicyclic) bond motifs is 1. The summed E-state index contributed by atoms with van der Waals surface area (Å²) in [6.07, 6.45) is 3.04. The predicted molar refractivity (Wildman–Crippen MR) is 123 cm³/mol. The number of carbonyl (C=O) groups excluding carboxylic acids is 2. The summed E-state index contributed by atoms with van der Waals surface area (Å²) in [7, 11) is 0. The molecule has 3 aliphatic rings. The average molecular weight is 465 g/mol. The maximum Gasteiger partial charge on any atom is 0.306 e. The van der Waals surface area contributed by atoms with E-state index in [-0.39, 0.29) is 30.8 Å². The Morgan fingerprint density at radius 2 is 1.79 bits per heavy atom. The summed E-state index contributed by atoms with van der Waals surface area (Å²) in [6.45, 7) is 10.4. The van der Waals surface area contributed by atoms with Crippen LogP contribution in [0.5, 0.6) is 0 Å². The average Bonchev–Trinajstić information content (AvgIpc) is 2.88. The second-order valence-electron chi connectivity index (χ2n) is 11.2. The van der Waals surface area contributed by atoms with Crippen molar-refractivity contribution < 1.29 is 34.8 Å². The van der Waals surface area contributed by atoms with Crippen molar-refractivity contribution in [3.63, 3.8) is 0 Å². The van der Waals surface area contributed by atoms with E-state index < -0.39 is 52.0 Å². The standard InChI is InChI=1S/C26H40O7/c1-7-8-9-10-19(27)33-14-17-11-18-22(30)25(16(3)13-24(6,31)23(18,4)5)12-15(2)20(28)26(25,32)21(17)29/h11-12,16,18,20-21,28-29,31-32H,7-10,13-14H2,1-6H3/t16-,18?,20?,21?,24-,25?,26?/m1/s1. The van der Waals surface area contributed by atoms with Crippen molar-refractivity contribution in [2.75, 3.05) is 6.61 Å².